The first-order valence-corrected chi connectivity index (χ1v) is 8.94. The van der Waals surface area contributed by atoms with Gasteiger partial charge in [0.2, 0.25) is 0 Å². The Balaban J connectivity index is 2.08. The molecular formula is C21H23NO7. The smallest absolute Gasteiger partial charge is 0.345 e. The van der Waals surface area contributed by atoms with Crippen molar-refractivity contribution < 1.29 is 33.3 Å². The van der Waals surface area contributed by atoms with Gasteiger partial charge in [-0.05, 0) is 32.1 Å². The Morgan fingerprint density at radius 3 is 2.31 bits per heavy atom. The molecule has 1 heterocycles. The van der Waals surface area contributed by atoms with Crippen LogP contribution in [0.25, 0.3) is 0 Å². The summed E-state index contributed by atoms with van der Waals surface area (Å²) in [6, 6.07) is 7.41. The fourth-order valence-corrected chi connectivity index (χ4v) is 2.32. The average Bonchev–Trinajstić information content (AvgIpc) is 3.01. The minimum Gasteiger partial charge on any atom is -0.462 e. The summed E-state index contributed by atoms with van der Waals surface area (Å²) in [6.45, 7) is 6.30. The molecule has 0 N–H and O–H groups in total. The number of fused-ring (bicyclic) bond motifs is 1. The number of esters is 3. The zero-order chi connectivity index (χ0) is 21.4. The standard InChI is InChI=1S/C21H23NO7/c1-5-26-20(24)15(21(25)28-13-12-27-19(23)14(2)3)10-11-18-22(4)16-8-6-7-9-17(16)29-18/h6-11H,2,5,12-13H2,1,3-4H3/b15-10+,18-11-. The Morgan fingerprint density at radius 1 is 1.07 bits per heavy atom. The van der Waals surface area contributed by atoms with Crippen molar-refractivity contribution in [3.05, 3.63) is 60.0 Å². The molecule has 0 aromatic heterocycles. The van der Waals surface area contributed by atoms with E-state index in [-0.39, 0.29) is 31.0 Å². The maximum atomic E-state index is 12.3. The quantitative estimate of drug-likeness (QED) is 0.164. The number of hydrogen-bond acceptors (Lipinski definition) is 8. The van der Waals surface area contributed by atoms with Gasteiger partial charge in [-0.2, -0.15) is 0 Å². The maximum Gasteiger partial charge on any atom is 0.345 e. The van der Waals surface area contributed by atoms with Gasteiger partial charge in [-0.25, -0.2) is 14.4 Å². The second-order valence-electron chi connectivity index (χ2n) is 5.99. The highest BCUT2D eigenvalue weighted by molar-refractivity contribution is 6.14. The number of hydrogen-bond donors (Lipinski definition) is 0. The van der Waals surface area contributed by atoms with Gasteiger partial charge in [-0.15, -0.1) is 0 Å². The van der Waals surface area contributed by atoms with E-state index < -0.39 is 17.9 Å². The molecule has 0 radical (unpaired) electrons. The molecule has 0 aliphatic carbocycles. The topological polar surface area (TPSA) is 91.4 Å². The van der Waals surface area contributed by atoms with E-state index in [1.165, 1.54) is 19.1 Å². The Hall–Kier alpha value is -3.55. The number of benzene rings is 1. The fourth-order valence-electron chi connectivity index (χ4n) is 2.32. The van der Waals surface area contributed by atoms with Crippen LogP contribution in [0.3, 0.4) is 0 Å². The SMILES string of the molecule is C=C(C)C(=O)OCCOC(=O)/C(=C/C=C1\Oc2ccccc2N1C)C(=O)OCC. The molecule has 154 valence electrons. The highest BCUT2D eigenvalue weighted by Gasteiger charge is 2.24. The van der Waals surface area contributed by atoms with Crippen molar-refractivity contribution in [1.29, 1.82) is 0 Å². The zero-order valence-electron chi connectivity index (χ0n) is 16.6. The van der Waals surface area contributed by atoms with E-state index in [0.29, 0.717) is 11.6 Å². The molecular weight excluding hydrogens is 378 g/mol. The van der Waals surface area contributed by atoms with E-state index in [2.05, 4.69) is 6.58 Å². The van der Waals surface area contributed by atoms with Crippen molar-refractivity contribution in [2.45, 2.75) is 13.8 Å². The first-order valence-electron chi connectivity index (χ1n) is 8.94. The number of ether oxygens (including phenoxy) is 4. The van der Waals surface area contributed by atoms with Gasteiger partial charge in [0.1, 0.15) is 18.8 Å². The first-order chi connectivity index (χ1) is 13.8. The lowest BCUT2D eigenvalue weighted by atomic mass is 10.2. The summed E-state index contributed by atoms with van der Waals surface area (Å²) < 4.78 is 20.5. The molecule has 0 bridgehead atoms. The molecule has 0 saturated carbocycles. The number of nitrogens with zero attached hydrogens (tertiary/aromatic N) is 1. The summed E-state index contributed by atoms with van der Waals surface area (Å²) in [4.78, 5) is 37.5. The molecule has 0 saturated heterocycles. The van der Waals surface area contributed by atoms with Gasteiger partial charge < -0.3 is 23.8 Å². The van der Waals surface area contributed by atoms with Gasteiger partial charge in [0.05, 0.1) is 12.3 Å². The second-order valence-corrected chi connectivity index (χ2v) is 5.99. The van der Waals surface area contributed by atoms with Gasteiger partial charge in [-0.1, -0.05) is 18.7 Å². The molecule has 0 amide bonds. The fraction of sp³-hybridized carbons (Fsp3) is 0.286. The Labute approximate surface area is 169 Å². The summed E-state index contributed by atoms with van der Waals surface area (Å²) in [5, 5.41) is 0. The summed E-state index contributed by atoms with van der Waals surface area (Å²) >= 11 is 0. The molecule has 0 atom stereocenters. The molecule has 0 unspecified atom stereocenters. The maximum absolute atomic E-state index is 12.3. The number of anilines is 1. The molecule has 1 aromatic rings. The minimum atomic E-state index is -0.898. The van der Waals surface area contributed by atoms with Crippen molar-refractivity contribution >= 4 is 23.6 Å². The molecule has 2 rings (SSSR count). The molecule has 1 aliphatic rings. The van der Waals surface area contributed by atoms with Crippen LogP contribution >= 0.6 is 0 Å². The number of carbonyl (C=O) groups is 3. The lowest BCUT2D eigenvalue weighted by Crippen LogP contribution is -2.21. The van der Waals surface area contributed by atoms with Crippen molar-refractivity contribution in [1.82, 2.24) is 0 Å². The number of carbonyl (C=O) groups excluding carboxylic acids is 3. The Bertz CT molecular complexity index is 870. The Morgan fingerprint density at radius 2 is 1.69 bits per heavy atom. The van der Waals surface area contributed by atoms with Crippen molar-refractivity contribution in [2.24, 2.45) is 0 Å². The number of para-hydroxylation sites is 2. The predicted molar refractivity (Wildman–Crippen MR) is 105 cm³/mol. The van der Waals surface area contributed by atoms with E-state index in [0.717, 1.165) is 5.69 Å². The molecule has 8 heteroatoms. The highest BCUT2D eigenvalue weighted by Crippen LogP contribution is 2.37. The van der Waals surface area contributed by atoms with Crippen LogP contribution in [0.2, 0.25) is 0 Å². The van der Waals surface area contributed by atoms with Gasteiger partial charge in [0.25, 0.3) is 0 Å². The summed E-state index contributed by atoms with van der Waals surface area (Å²) in [5.74, 6) is -1.23. The van der Waals surface area contributed by atoms with Crippen LogP contribution in [0.5, 0.6) is 5.75 Å². The van der Waals surface area contributed by atoms with Gasteiger partial charge in [0, 0.05) is 18.7 Å². The van der Waals surface area contributed by atoms with E-state index in [1.807, 2.05) is 24.3 Å². The van der Waals surface area contributed by atoms with E-state index in [1.54, 1.807) is 18.9 Å². The van der Waals surface area contributed by atoms with Crippen LogP contribution in [0.15, 0.2) is 60.0 Å². The third-order valence-corrected chi connectivity index (χ3v) is 3.78. The normalized spacial score (nSPS) is 14.1. The van der Waals surface area contributed by atoms with Crippen LogP contribution in [-0.2, 0) is 28.6 Å². The van der Waals surface area contributed by atoms with Crippen LogP contribution in [0, 0.1) is 0 Å². The third-order valence-electron chi connectivity index (χ3n) is 3.78. The minimum absolute atomic E-state index is 0.0953. The summed E-state index contributed by atoms with van der Waals surface area (Å²) in [5.41, 5.74) is 0.780. The van der Waals surface area contributed by atoms with E-state index in [9.17, 15) is 14.4 Å². The molecule has 29 heavy (non-hydrogen) atoms. The lowest BCUT2D eigenvalue weighted by molar-refractivity contribution is -0.151. The number of rotatable bonds is 8. The number of allylic oxidation sites excluding steroid dienone is 2. The third kappa shape index (κ3) is 5.71. The predicted octanol–water partition coefficient (Wildman–Crippen LogP) is 2.51. The monoisotopic (exact) mass is 401 g/mol. The first kappa shape index (κ1) is 21.7. The summed E-state index contributed by atoms with van der Waals surface area (Å²) in [7, 11) is 1.80. The van der Waals surface area contributed by atoms with Crippen LogP contribution in [0.4, 0.5) is 5.69 Å². The van der Waals surface area contributed by atoms with Crippen LogP contribution < -0.4 is 9.64 Å². The largest absolute Gasteiger partial charge is 0.462 e. The van der Waals surface area contributed by atoms with E-state index >= 15 is 0 Å². The van der Waals surface area contributed by atoms with Crippen LogP contribution in [-0.4, -0.2) is 44.8 Å². The average molecular weight is 401 g/mol. The molecule has 1 aliphatic heterocycles. The van der Waals surface area contributed by atoms with Gasteiger partial charge >= 0.3 is 17.9 Å². The highest BCUT2D eigenvalue weighted by atomic mass is 16.6. The molecule has 8 nitrogen and oxygen atoms in total. The van der Waals surface area contributed by atoms with E-state index in [4.69, 9.17) is 18.9 Å². The van der Waals surface area contributed by atoms with Crippen molar-refractivity contribution in [3.63, 3.8) is 0 Å². The molecule has 1 aromatic carbocycles. The van der Waals surface area contributed by atoms with Gasteiger partial charge in [0.15, 0.2) is 11.6 Å². The van der Waals surface area contributed by atoms with Gasteiger partial charge in [-0.3, -0.25) is 0 Å². The van der Waals surface area contributed by atoms with Crippen molar-refractivity contribution in [3.8, 4) is 5.75 Å². The zero-order valence-corrected chi connectivity index (χ0v) is 16.6. The lowest BCUT2D eigenvalue weighted by Gasteiger charge is -2.11. The molecule has 0 fully saturated rings. The summed E-state index contributed by atoms with van der Waals surface area (Å²) in [6.07, 6.45) is 2.76. The Kier molecular flexibility index (Phi) is 7.59. The van der Waals surface area contributed by atoms with Crippen molar-refractivity contribution in [2.75, 3.05) is 31.8 Å². The second kappa shape index (κ2) is 10.1. The molecule has 0 spiro atoms. The van der Waals surface area contributed by atoms with Crippen LogP contribution in [0.1, 0.15) is 13.8 Å².